The van der Waals surface area contributed by atoms with Crippen LogP contribution in [0.5, 0.6) is 0 Å². The molecule has 0 aliphatic rings. The predicted molar refractivity (Wildman–Crippen MR) is 76.6 cm³/mol. The normalized spacial score (nSPS) is 11.1. The smallest absolute Gasteiger partial charge is 0.265 e. The van der Waals surface area contributed by atoms with Crippen molar-refractivity contribution in [3.8, 4) is 0 Å². The van der Waals surface area contributed by atoms with E-state index in [9.17, 15) is 9.59 Å². The van der Waals surface area contributed by atoms with Crippen LogP contribution >= 0.6 is 34.7 Å². The highest BCUT2D eigenvalue weighted by atomic mass is 35.5. The topological polar surface area (TPSA) is 93.5 Å². The second-order valence-corrected chi connectivity index (χ2v) is 5.93. The van der Waals surface area contributed by atoms with Gasteiger partial charge in [0.15, 0.2) is 5.16 Å². The van der Waals surface area contributed by atoms with Crippen molar-refractivity contribution in [2.24, 2.45) is 7.05 Å². The van der Waals surface area contributed by atoms with E-state index in [2.05, 4.69) is 20.1 Å². The van der Waals surface area contributed by atoms with E-state index in [1.165, 1.54) is 16.0 Å². The molecule has 7 nitrogen and oxygen atoms in total. The lowest BCUT2D eigenvalue weighted by Gasteiger charge is -2.06. The number of aromatic amines is 1. The average molecular weight is 328 g/mol. The zero-order chi connectivity index (χ0) is 14.3. The standard InChI is InChI=1S/C10H6ClN5O2S2/c1-16-10(12-5(17)6(18)15-16)20-8-4-2-3-19-7(4)13-9(11)14-8/h2-3H,1H3,(H,15,18). The molecule has 0 saturated heterocycles. The summed E-state index contributed by atoms with van der Waals surface area (Å²) in [5, 5.41) is 6.09. The maximum atomic E-state index is 11.3. The number of rotatable bonds is 2. The predicted octanol–water partition coefficient (Wildman–Crippen LogP) is 1.28. The first-order valence-electron chi connectivity index (χ1n) is 5.30. The van der Waals surface area contributed by atoms with Crippen LogP contribution in [-0.4, -0.2) is 24.7 Å². The molecule has 102 valence electrons. The van der Waals surface area contributed by atoms with E-state index in [4.69, 9.17) is 11.6 Å². The summed E-state index contributed by atoms with van der Waals surface area (Å²) in [4.78, 5) is 35.2. The molecule has 0 unspecified atom stereocenters. The number of aryl methyl sites for hydroxylation is 1. The van der Waals surface area contributed by atoms with Crippen LogP contribution in [0.1, 0.15) is 0 Å². The Bertz CT molecular complexity index is 916. The zero-order valence-corrected chi connectivity index (χ0v) is 12.3. The Balaban J connectivity index is 2.14. The number of nitrogens with one attached hydrogen (secondary N) is 1. The van der Waals surface area contributed by atoms with Crippen molar-refractivity contribution in [3.05, 3.63) is 37.4 Å². The Morgan fingerprint density at radius 1 is 1.35 bits per heavy atom. The summed E-state index contributed by atoms with van der Waals surface area (Å²) in [6.45, 7) is 0. The van der Waals surface area contributed by atoms with Gasteiger partial charge in [-0.05, 0) is 34.8 Å². The molecule has 3 aromatic heterocycles. The summed E-state index contributed by atoms with van der Waals surface area (Å²) >= 11 is 8.45. The average Bonchev–Trinajstić information content (AvgIpc) is 2.84. The first-order chi connectivity index (χ1) is 9.54. The molecule has 1 N–H and O–H groups in total. The number of H-pyrrole nitrogens is 1. The van der Waals surface area contributed by atoms with Gasteiger partial charge in [0.2, 0.25) is 5.28 Å². The Morgan fingerprint density at radius 3 is 2.95 bits per heavy atom. The number of aromatic nitrogens is 5. The molecular formula is C10H6ClN5O2S2. The molecule has 0 atom stereocenters. The maximum absolute atomic E-state index is 11.3. The molecule has 0 saturated carbocycles. The van der Waals surface area contributed by atoms with Crippen LogP contribution < -0.4 is 11.1 Å². The second-order valence-electron chi connectivity index (χ2n) is 3.74. The van der Waals surface area contributed by atoms with Gasteiger partial charge in [0.1, 0.15) is 9.86 Å². The van der Waals surface area contributed by atoms with Gasteiger partial charge in [0, 0.05) is 12.4 Å². The highest BCUT2D eigenvalue weighted by Gasteiger charge is 2.13. The van der Waals surface area contributed by atoms with Gasteiger partial charge in [-0.15, -0.1) is 11.3 Å². The number of fused-ring (bicyclic) bond motifs is 1. The number of hydrogen-bond acceptors (Lipinski definition) is 7. The quantitative estimate of drug-likeness (QED) is 0.433. The molecule has 0 radical (unpaired) electrons. The first-order valence-corrected chi connectivity index (χ1v) is 7.38. The summed E-state index contributed by atoms with van der Waals surface area (Å²) in [5.74, 6) is 0. The van der Waals surface area contributed by atoms with Crippen LogP contribution in [0.2, 0.25) is 5.28 Å². The molecule has 3 aromatic rings. The molecule has 0 aromatic carbocycles. The van der Waals surface area contributed by atoms with Gasteiger partial charge < -0.3 is 0 Å². The van der Waals surface area contributed by atoms with Crippen molar-refractivity contribution in [1.29, 1.82) is 0 Å². The number of nitrogens with zero attached hydrogens (tertiary/aromatic N) is 4. The third-order valence-corrected chi connectivity index (χ3v) is 4.43. The Morgan fingerprint density at radius 2 is 2.15 bits per heavy atom. The van der Waals surface area contributed by atoms with Crippen LogP contribution in [0.3, 0.4) is 0 Å². The van der Waals surface area contributed by atoms with Gasteiger partial charge >= 0.3 is 11.1 Å². The number of hydrogen-bond donors (Lipinski definition) is 1. The Hall–Kier alpha value is -1.71. The molecule has 10 heteroatoms. The van der Waals surface area contributed by atoms with Crippen molar-refractivity contribution >= 4 is 44.9 Å². The molecule has 20 heavy (non-hydrogen) atoms. The first kappa shape index (κ1) is 13.3. The van der Waals surface area contributed by atoms with Crippen LogP contribution in [-0.2, 0) is 7.05 Å². The molecule has 0 bridgehead atoms. The number of halogens is 1. The molecule has 0 amide bonds. The molecule has 0 aliphatic heterocycles. The molecule has 0 spiro atoms. The third-order valence-electron chi connectivity index (χ3n) is 2.40. The molecule has 0 aliphatic carbocycles. The van der Waals surface area contributed by atoms with Gasteiger partial charge in [-0.3, -0.25) is 19.4 Å². The van der Waals surface area contributed by atoms with Crippen LogP contribution in [0.15, 0.2) is 31.2 Å². The fraction of sp³-hybridized carbons (Fsp3) is 0.100. The fourth-order valence-electron chi connectivity index (χ4n) is 1.52. The zero-order valence-electron chi connectivity index (χ0n) is 9.95. The summed E-state index contributed by atoms with van der Waals surface area (Å²) in [5.41, 5.74) is -1.61. The lowest BCUT2D eigenvalue weighted by molar-refractivity contribution is 0.596. The third kappa shape index (κ3) is 2.35. The summed E-state index contributed by atoms with van der Waals surface area (Å²) in [6, 6.07) is 1.86. The summed E-state index contributed by atoms with van der Waals surface area (Å²) in [6.07, 6.45) is 0. The number of thiophene rings is 1. The molecule has 3 heterocycles. The van der Waals surface area contributed by atoms with Crippen LogP contribution in [0, 0.1) is 0 Å². The lowest BCUT2D eigenvalue weighted by Crippen LogP contribution is -2.33. The lowest BCUT2D eigenvalue weighted by atomic mass is 10.4. The van der Waals surface area contributed by atoms with Gasteiger partial charge in [0.25, 0.3) is 0 Å². The minimum atomic E-state index is -0.840. The fourth-order valence-corrected chi connectivity index (χ4v) is 3.51. The van der Waals surface area contributed by atoms with Crippen LogP contribution in [0.4, 0.5) is 0 Å². The highest BCUT2D eigenvalue weighted by Crippen LogP contribution is 2.32. The molecular weight excluding hydrogens is 322 g/mol. The monoisotopic (exact) mass is 327 g/mol. The van der Waals surface area contributed by atoms with Crippen molar-refractivity contribution in [1.82, 2.24) is 24.7 Å². The Kier molecular flexibility index (Phi) is 3.32. The molecule has 3 rings (SSSR count). The van der Waals surface area contributed by atoms with Crippen molar-refractivity contribution in [2.45, 2.75) is 10.2 Å². The van der Waals surface area contributed by atoms with E-state index < -0.39 is 11.1 Å². The maximum Gasteiger partial charge on any atom is 0.339 e. The van der Waals surface area contributed by atoms with Gasteiger partial charge in [-0.1, -0.05) is 0 Å². The summed E-state index contributed by atoms with van der Waals surface area (Å²) < 4.78 is 1.36. The molecule has 0 fully saturated rings. The van der Waals surface area contributed by atoms with Gasteiger partial charge in [-0.25, -0.2) is 9.97 Å². The van der Waals surface area contributed by atoms with Gasteiger partial charge in [0.05, 0.1) is 0 Å². The Labute approximate surface area is 124 Å². The minimum Gasteiger partial charge on any atom is -0.265 e. The van der Waals surface area contributed by atoms with Crippen molar-refractivity contribution in [3.63, 3.8) is 0 Å². The van der Waals surface area contributed by atoms with E-state index in [-0.39, 0.29) is 5.28 Å². The van der Waals surface area contributed by atoms with E-state index in [0.717, 1.165) is 22.0 Å². The summed E-state index contributed by atoms with van der Waals surface area (Å²) in [7, 11) is 1.59. The second kappa shape index (κ2) is 5.00. The SMILES string of the molecule is Cn1[nH]c(=O)c(=O)nc1Sc1nc(Cl)nc2sccc12. The van der Waals surface area contributed by atoms with Crippen LogP contribution in [0.25, 0.3) is 10.2 Å². The van der Waals surface area contributed by atoms with E-state index in [0.29, 0.717) is 10.2 Å². The van der Waals surface area contributed by atoms with Crippen molar-refractivity contribution < 1.29 is 0 Å². The van der Waals surface area contributed by atoms with Gasteiger partial charge in [-0.2, -0.15) is 4.98 Å². The van der Waals surface area contributed by atoms with E-state index >= 15 is 0 Å². The minimum absolute atomic E-state index is 0.122. The van der Waals surface area contributed by atoms with Crippen molar-refractivity contribution in [2.75, 3.05) is 0 Å². The largest absolute Gasteiger partial charge is 0.339 e. The highest BCUT2D eigenvalue weighted by molar-refractivity contribution is 7.99. The van der Waals surface area contributed by atoms with E-state index in [1.54, 1.807) is 7.05 Å². The van der Waals surface area contributed by atoms with E-state index in [1.807, 2.05) is 11.4 Å².